The van der Waals surface area contributed by atoms with E-state index in [0.29, 0.717) is 25.1 Å². The van der Waals surface area contributed by atoms with Crippen molar-refractivity contribution in [3.8, 4) is 5.75 Å². The lowest BCUT2D eigenvalue weighted by Crippen LogP contribution is -2.52. The minimum atomic E-state index is -0.883. The summed E-state index contributed by atoms with van der Waals surface area (Å²) in [4.78, 5) is 16.9. The number of aliphatic hydroxyl groups is 1. The number of benzene rings is 1. The number of carbonyl (C=O) groups is 1. The maximum absolute atomic E-state index is 13.8. The van der Waals surface area contributed by atoms with Gasteiger partial charge in [-0.1, -0.05) is 32.9 Å². The summed E-state index contributed by atoms with van der Waals surface area (Å²) in [5.41, 5.74) is 8.31. The van der Waals surface area contributed by atoms with Crippen LogP contribution in [0.3, 0.4) is 0 Å². The number of amides is 1. The number of ether oxygens (including phenoxy) is 1. The molecule has 6 N–H and O–H groups in total. The number of pyridine rings is 1. The van der Waals surface area contributed by atoms with Crippen LogP contribution in [-0.2, 0) is 17.6 Å². The van der Waals surface area contributed by atoms with Gasteiger partial charge in [-0.15, -0.1) is 0 Å². The van der Waals surface area contributed by atoms with Crippen molar-refractivity contribution in [3.63, 3.8) is 0 Å². The van der Waals surface area contributed by atoms with Gasteiger partial charge in [-0.3, -0.25) is 4.79 Å². The second kappa shape index (κ2) is 12.2. The first kappa shape index (κ1) is 29.2. The molecule has 0 unspecified atom stereocenters. The van der Waals surface area contributed by atoms with Crippen LogP contribution in [0.25, 0.3) is 0 Å². The molecule has 2 heterocycles. The van der Waals surface area contributed by atoms with Gasteiger partial charge >= 0.3 is 0 Å². The van der Waals surface area contributed by atoms with E-state index in [2.05, 4.69) is 42.8 Å². The molecule has 0 bridgehead atoms. The summed E-state index contributed by atoms with van der Waals surface area (Å²) in [6.45, 7) is 9.31. The fourth-order valence-corrected chi connectivity index (χ4v) is 5.59. The van der Waals surface area contributed by atoms with Crippen molar-refractivity contribution < 1.29 is 19.0 Å². The van der Waals surface area contributed by atoms with E-state index in [9.17, 15) is 14.3 Å². The molecule has 1 spiro atoms. The highest BCUT2D eigenvalue weighted by Gasteiger charge is 2.47. The summed E-state index contributed by atoms with van der Waals surface area (Å²) in [5.74, 6) is 0.897. The number of fused-ring (bicyclic) bond motifs is 1. The number of aliphatic hydroxyl groups excluding tert-OH is 1. The molecule has 4 rings (SSSR count). The molecule has 3 atom stereocenters. The van der Waals surface area contributed by atoms with E-state index in [-0.39, 0.29) is 35.3 Å². The van der Waals surface area contributed by atoms with E-state index in [4.69, 9.17) is 15.5 Å². The van der Waals surface area contributed by atoms with Gasteiger partial charge in [-0.25, -0.2) is 9.37 Å². The predicted molar refractivity (Wildman–Crippen MR) is 151 cm³/mol. The van der Waals surface area contributed by atoms with Gasteiger partial charge in [0.2, 0.25) is 5.91 Å². The van der Waals surface area contributed by atoms with E-state index >= 15 is 0 Å². The third kappa shape index (κ3) is 7.68. The largest absolute Gasteiger partial charge is 0.483 e. The third-order valence-corrected chi connectivity index (χ3v) is 7.51. The van der Waals surface area contributed by atoms with Gasteiger partial charge in [-0.05, 0) is 61.3 Å². The number of aromatic nitrogens is 1. The average Bonchev–Trinajstić information content (AvgIpc) is 2.83. The summed E-state index contributed by atoms with van der Waals surface area (Å²) >= 11 is 0. The zero-order chi connectivity index (χ0) is 28.2. The Labute approximate surface area is 231 Å². The molecule has 1 amide bonds. The van der Waals surface area contributed by atoms with Crippen LogP contribution in [0.15, 0.2) is 30.3 Å². The van der Waals surface area contributed by atoms with Crippen molar-refractivity contribution in [2.75, 3.05) is 25.0 Å². The topological polar surface area (TPSA) is 122 Å². The molecule has 39 heavy (non-hydrogen) atoms. The summed E-state index contributed by atoms with van der Waals surface area (Å²) in [6, 6.07) is 7.75. The number of hydrogen-bond acceptors (Lipinski definition) is 7. The highest BCUT2D eigenvalue weighted by molar-refractivity contribution is 5.73. The number of anilines is 1. The summed E-state index contributed by atoms with van der Waals surface area (Å²) in [6.07, 6.45) is 4.09. The Kier molecular flexibility index (Phi) is 9.14. The first-order valence-electron chi connectivity index (χ1n) is 14.1. The lowest BCUT2D eigenvalue weighted by molar-refractivity contribution is -0.120. The summed E-state index contributed by atoms with van der Waals surface area (Å²) in [5, 5.41) is 21.0. The zero-order valence-electron chi connectivity index (χ0n) is 23.6. The van der Waals surface area contributed by atoms with Crippen molar-refractivity contribution >= 4 is 11.7 Å². The van der Waals surface area contributed by atoms with Gasteiger partial charge in [0.1, 0.15) is 11.4 Å². The van der Waals surface area contributed by atoms with Crippen LogP contribution in [0.2, 0.25) is 0 Å². The smallest absolute Gasteiger partial charge is 0.217 e. The Balaban J connectivity index is 1.59. The first-order chi connectivity index (χ1) is 18.5. The van der Waals surface area contributed by atoms with Crippen LogP contribution in [-0.4, -0.2) is 53.4 Å². The quantitative estimate of drug-likeness (QED) is 0.295. The molecule has 2 aliphatic rings. The monoisotopic (exact) mass is 541 g/mol. The van der Waals surface area contributed by atoms with E-state index < -0.39 is 12.1 Å². The molecule has 9 heteroatoms. The second-order valence-electron chi connectivity index (χ2n) is 12.3. The number of hydrogen-bond donors (Lipinski definition) is 5. The van der Waals surface area contributed by atoms with Crippen molar-refractivity contribution in [1.29, 1.82) is 0 Å². The summed E-state index contributed by atoms with van der Waals surface area (Å²) in [7, 11) is 0. The molecule has 1 fully saturated rings. The molecule has 0 saturated heterocycles. The molecular formula is C30H44FN5O3. The summed E-state index contributed by atoms with van der Waals surface area (Å²) < 4.78 is 20.4. The Morgan fingerprint density at radius 1 is 1.31 bits per heavy atom. The minimum Gasteiger partial charge on any atom is -0.483 e. The van der Waals surface area contributed by atoms with Gasteiger partial charge in [0.15, 0.2) is 11.6 Å². The third-order valence-electron chi connectivity index (χ3n) is 7.51. The zero-order valence-corrected chi connectivity index (χ0v) is 23.6. The molecule has 1 saturated carbocycles. The normalized spacial score (nSPS) is 19.4. The molecule has 2 aromatic rings. The fraction of sp³-hybridized carbons (Fsp3) is 0.600. The van der Waals surface area contributed by atoms with Crippen molar-refractivity contribution in [3.05, 3.63) is 53.0 Å². The van der Waals surface area contributed by atoms with E-state index in [1.165, 1.54) is 19.1 Å². The Hall–Kier alpha value is -2.75. The van der Waals surface area contributed by atoms with Gasteiger partial charge in [0, 0.05) is 50.3 Å². The molecule has 8 nitrogen and oxygen atoms in total. The number of rotatable bonds is 11. The van der Waals surface area contributed by atoms with E-state index in [0.717, 1.165) is 54.9 Å². The molecule has 1 aromatic heterocycles. The van der Waals surface area contributed by atoms with Crippen LogP contribution >= 0.6 is 0 Å². The predicted octanol–water partition coefficient (Wildman–Crippen LogP) is 3.62. The van der Waals surface area contributed by atoms with Crippen LogP contribution < -0.4 is 26.4 Å². The highest BCUT2D eigenvalue weighted by atomic mass is 19.1. The average molecular weight is 542 g/mol. The Bertz CT molecular complexity index is 1150. The van der Waals surface area contributed by atoms with Gasteiger partial charge < -0.3 is 31.5 Å². The molecule has 214 valence electrons. The van der Waals surface area contributed by atoms with Gasteiger partial charge in [-0.2, -0.15) is 0 Å². The molecule has 1 aliphatic carbocycles. The highest BCUT2D eigenvalue weighted by Crippen LogP contribution is 2.51. The minimum absolute atomic E-state index is 0.0543. The van der Waals surface area contributed by atoms with Crippen LogP contribution in [0, 0.1) is 11.2 Å². The van der Waals surface area contributed by atoms with Crippen LogP contribution in [0.5, 0.6) is 5.75 Å². The lowest BCUT2D eigenvalue weighted by atomic mass is 9.72. The van der Waals surface area contributed by atoms with Crippen molar-refractivity contribution in [2.24, 2.45) is 11.1 Å². The van der Waals surface area contributed by atoms with Crippen molar-refractivity contribution in [1.82, 2.24) is 15.6 Å². The fourth-order valence-electron chi connectivity index (χ4n) is 5.59. The first-order valence-corrected chi connectivity index (χ1v) is 14.1. The molecule has 1 aromatic carbocycles. The van der Waals surface area contributed by atoms with E-state index in [1.54, 1.807) is 12.1 Å². The number of carbonyl (C=O) groups excluding carboxylic acids is 1. The van der Waals surface area contributed by atoms with E-state index in [1.807, 2.05) is 0 Å². The van der Waals surface area contributed by atoms with Crippen LogP contribution in [0.4, 0.5) is 10.2 Å². The number of nitrogens with zero attached hydrogens (tertiary/aromatic N) is 1. The number of halogens is 1. The molecule has 1 aliphatic heterocycles. The maximum Gasteiger partial charge on any atom is 0.217 e. The molecular weight excluding hydrogens is 497 g/mol. The number of nitrogens with two attached hydrogens (primary N) is 1. The standard InChI is InChI=1S/C30H44FN5O3/c1-19(37)35-24(14-20-7-5-8-21(31)13-20)26(38)18-34-25-17-30(9-6-10-30)39-27-23(25)15-22(16-29(2,3)4)36-28(27)33-12-11-32/h5,7-8,13,15,24-26,34,38H,6,9-12,14,16-18,32H2,1-4H3,(H,33,36)(H,35,37)/t24-,25-,26+/m0/s1. The van der Waals surface area contributed by atoms with Crippen molar-refractivity contribution in [2.45, 2.75) is 90.0 Å². The van der Waals surface area contributed by atoms with Crippen LogP contribution in [0.1, 0.15) is 76.2 Å². The Morgan fingerprint density at radius 2 is 2.08 bits per heavy atom. The van der Waals surface area contributed by atoms with Gasteiger partial charge in [0.25, 0.3) is 0 Å². The maximum atomic E-state index is 13.8. The number of nitrogens with one attached hydrogen (secondary N) is 3. The second-order valence-corrected chi connectivity index (χ2v) is 12.3. The molecule has 0 radical (unpaired) electrons. The SMILES string of the molecule is CC(=O)N[C@@H](Cc1cccc(F)c1)[C@H](O)CN[C@H]1CC2(CCC2)Oc2c1cc(CC(C)(C)C)nc2NCCN. The Morgan fingerprint density at radius 3 is 2.69 bits per heavy atom. The lowest BCUT2D eigenvalue weighted by Gasteiger charge is -2.48. The van der Waals surface area contributed by atoms with Gasteiger partial charge in [0.05, 0.1) is 12.1 Å².